The van der Waals surface area contributed by atoms with Gasteiger partial charge >= 0.3 is 0 Å². The van der Waals surface area contributed by atoms with Crippen molar-refractivity contribution in [1.29, 1.82) is 5.26 Å². The number of hydrogen-bond acceptors (Lipinski definition) is 3. The third-order valence-electron chi connectivity index (χ3n) is 3.75. The van der Waals surface area contributed by atoms with Gasteiger partial charge in [0, 0.05) is 12.2 Å². The lowest BCUT2D eigenvalue weighted by molar-refractivity contribution is -0.120. The molecule has 1 amide bonds. The summed E-state index contributed by atoms with van der Waals surface area (Å²) in [6.07, 6.45) is 0. The Balaban J connectivity index is 2.04. The number of nitriles is 1. The maximum Gasteiger partial charge on any atom is 0.241 e. The van der Waals surface area contributed by atoms with Crippen molar-refractivity contribution in [1.82, 2.24) is 4.90 Å². The molecule has 6 heteroatoms. The topological polar surface area (TPSA) is 56.1 Å². The third kappa shape index (κ3) is 4.48. The van der Waals surface area contributed by atoms with E-state index in [0.717, 1.165) is 5.56 Å². The Bertz CT molecular complexity index is 786. The second-order valence-corrected chi connectivity index (χ2v) is 6.27. The molecule has 124 valence electrons. The summed E-state index contributed by atoms with van der Waals surface area (Å²) in [5, 5.41) is 12.7. The van der Waals surface area contributed by atoms with Crippen molar-refractivity contribution in [3.8, 4) is 6.07 Å². The molecule has 0 saturated carbocycles. The third-order valence-corrected chi connectivity index (χ3v) is 4.61. The molecule has 0 heterocycles. The molecule has 0 unspecified atom stereocenters. The van der Waals surface area contributed by atoms with Gasteiger partial charge in [0.05, 0.1) is 27.7 Å². The van der Waals surface area contributed by atoms with Gasteiger partial charge in [-0.3, -0.25) is 9.69 Å². The van der Waals surface area contributed by atoms with Crippen LogP contribution in [0.5, 0.6) is 0 Å². The fourth-order valence-electron chi connectivity index (χ4n) is 2.19. The Morgan fingerprint density at radius 2 is 2.00 bits per heavy atom. The van der Waals surface area contributed by atoms with E-state index in [-0.39, 0.29) is 11.9 Å². The number of likely N-dealkylation sites (N-methyl/N-ethyl adjacent to an activating group) is 1. The van der Waals surface area contributed by atoms with E-state index in [4.69, 9.17) is 28.5 Å². The van der Waals surface area contributed by atoms with Crippen molar-refractivity contribution in [3.63, 3.8) is 0 Å². The van der Waals surface area contributed by atoms with Gasteiger partial charge in [-0.2, -0.15) is 5.26 Å². The van der Waals surface area contributed by atoms with Crippen LogP contribution in [0, 0.1) is 11.3 Å². The Morgan fingerprint density at radius 1 is 1.29 bits per heavy atom. The maximum absolute atomic E-state index is 12.4. The number of benzene rings is 2. The first-order valence-electron chi connectivity index (χ1n) is 7.36. The predicted molar refractivity (Wildman–Crippen MR) is 97.2 cm³/mol. The summed E-state index contributed by atoms with van der Waals surface area (Å²) in [5.74, 6) is -0.161. The number of nitrogens with zero attached hydrogens (tertiary/aromatic N) is 2. The highest BCUT2D eigenvalue weighted by Crippen LogP contribution is 2.26. The summed E-state index contributed by atoms with van der Waals surface area (Å²) in [4.78, 5) is 14.3. The zero-order valence-electron chi connectivity index (χ0n) is 13.4. The zero-order valence-corrected chi connectivity index (χ0v) is 14.9. The summed E-state index contributed by atoms with van der Waals surface area (Å²) in [5.41, 5.74) is 1.96. The van der Waals surface area contributed by atoms with Crippen LogP contribution < -0.4 is 5.32 Å². The van der Waals surface area contributed by atoms with Gasteiger partial charge in [0.25, 0.3) is 0 Å². The first kappa shape index (κ1) is 18.3. The summed E-state index contributed by atoms with van der Waals surface area (Å²) in [6.45, 7) is 2.30. The number of carbonyl (C=O) groups excluding carboxylic acids is 1. The molecule has 24 heavy (non-hydrogen) atoms. The number of anilines is 1. The lowest BCUT2D eigenvalue weighted by Gasteiger charge is -2.24. The highest BCUT2D eigenvalue weighted by Gasteiger charge is 2.19. The summed E-state index contributed by atoms with van der Waals surface area (Å²) >= 11 is 12.2. The molecule has 0 aromatic heterocycles. The number of carbonyl (C=O) groups is 1. The Labute approximate surface area is 151 Å². The van der Waals surface area contributed by atoms with Gasteiger partial charge in [-0.1, -0.05) is 41.4 Å². The van der Waals surface area contributed by atoms with Gasteiger partial charge in [0.1, 0.15) is 0 Å². The number of rotatable bonds is 5. The van der Waals surface area contributed by atoms with Gasteiger partial charge < -0.3 is 5.32 Å². The van der Waals surface area contributed by atoms with Gasteiger partial charge in [0.2, 0.25) is 5.91 Å². The van der Waals surface area contributed by atoms with Crippen LogP contribution in [-0.2, 0) is 11.3 Å². The van der Waals surface area contributed by atoms with Crippen LogP contribution in [0.2, 0.25) is 10.0 Å². The molecule has 1 atom stereocenters. The summed E-state index contributed by atoms with van der Waals surface area (Å²) in [7, 11) is 1.84. The number of amides is 1. The van der Waals surface area contributed by atoms with Crippen molar-refractivity contribution in [2.24, 2.45) is 0 Å². The number of hydrogen-bond donors (Lipinski definition) is 1. The standard InChI is InChI=1S/C18H17Cl2N3O/c1-12(18(24)22-15-7-3-5-13(9-15)10-21)23(2)11-14-6-4-8-16(19)17(14)20/h3-9,12H,11H2,1-2H3,(H,22,24)/t12-/m1/s1. The smallest absolute Gasteiger partial charge is 0.241 e. The molecule has 0 bridgehead atoms. The van der Waals surface area contributed by atoms with Crippen LogP contribution in [0.3, 0.4) is 0 Å². The van der Waals surface area contributed by atoms with Crippen LogP contribution in [0.4, 0.5) is 5.69 Å². The molecular weight excluding hydrogens is 345 g/mol. The van der Waals surface area contributed by atoms with Gasteiger partial charge in [-0.25, -0.2) is 0 Å². The quantitative estimate of drug-likeness (QED) is 0.862. The molecule has 4 nitrogen and oxygen atoms in total. The fraction of sp³-hybridized carbons (Fsp3) is 0.222. The van der Waals surface area contributed by atoms with E-state index in [2.05, 4.69) is 5.32 Å². The average Bonchev–Trinajstić information content (AvgIpc) is 2.58. The van der Waals surface area contributed by atoms with E-state index < -0.39 is 0 Å². The number of nitrogens with one attached hydrogen (secondary N) is 1. The SMILES string of the molecule is C[C@H](C(=O)Nc1cccc(C#N)c1)N(C)Cc1cccc(Cl)c1Cl. The fourth-order valence-corrected chi connectivity index (χ4v) is 2.57. The van der Waals surface area contributed by atoms with E-state index >= 15 is 0 Å². The minimum Gasteiger partial charge on any atom is -0.325 e. The average molecular weight is 362 g/mol. The monoisotopic (exact) mass is 361 g/mol. The normalized spacial score (nSPS) is 11.8. The van der Waals surface area contributed by atoms with Crippen LogP contribution in [-0.4, -0.2) is 23.9 Å². The predicted octanol–water partition coefficient (Wildman–Crippen LogP) is 4.32. The second kappa shape index (κ2) is 8.16. The minimum absolute atomic E-state index is 0.161. The van der Waals surface area contributed by atoms with E-state index in [0.29, 0.717) is 27.8 Å². The molecule has 1 N–H and O–H groups in total. The molecule has 0 aliphatic heterocycles. The van der Waals surface area contributed by atoms with Gasteiger partial charge in [-0.15, -0.1) is 0 Å². The lowest BCUT2D eigenvalue weighted by Crippen LogP contribution is -2.39. The molecule has 2 aromatic carbocycles. The first-order valence-corrected chi connectivity index (χ1v) is 8.12. The molecule has 0 saturated heterocycles. The largest absolute Gasteiger partial charge is 0.325 e. The highest BCUT2D eigenvalue weighted by atomic mass is 35.5. The molecular formula is C18H17Cl2N3O. The maximum atomic E-state index is 12.4. The van der Waals surface area contributed by atoms with Gasteiger partial charge in [0.15, 0.2) is 0 Å². The van der Waals surface area contributed by atoms with Crippen molar-refractivity contribution >= 4 is 34.8 Å². The van der Waals surface area contributed by atoms with Crippen LogP contribution in [0.1, 0.15) is 18.1 Å². The second-order valence-electron chi connectivity index (χ2n) is 5.49. The Hall–Kier alpha value is -2.06. The minimum atomic E-state index is -0.384. The van der Waals surface area contributed by atoms with E-state index in [9.17, 15) is 4.79 Å². The Morgan fingerprint density at radius 3 is 2.71 bits per heavy atom. The molecule has 0 spiro atoms. The lowest BCUT2D eigenvalue weighted by atomic mass is 10.1. The van der Waals surface area contributed by atoms with E-state index in [1.165, 1.54) is 0 Å². The Kier molecular flexibility index (Phi) is 6.22. The molecule has 0 aliphatic carbocycles. The van der Waals surface area contributed by atoms with Crippen LogP contribution >= 0.6 is 23.2 Å². The van der Waals surface area contributed by atoms with Crippen molar-refractivity contribution in [2.45, 2.75) is 19.5 Å². The molecule has 2 aromatic rings. The molecule has 0 fully saturated rings. The van der Waals surface area contributed by atoms with Gasteiger partial charge in [-0.05, 0) is 43.8 Å². The van der Waals surface area contributed by atoms with E-state index in [1.807, 2.05) is 37.1 Å². The summed E-state index contributed by atoms with van der Waals surface area (Å²) in [6, 6.07) is 13.9. The van der Waals surface area contributed by atoms with Crippen molar-refractivity contribution in [3.05, 3.63) is 63.6 Å². The van der Waals surface area contributed by atoms with Crippen molar-refractivity contribution < 1.29 is 4.79 Å². The number of halogens is 2. The molecule has 0 aliphatic rings. The zero-order chi connectivity index (χ0) is 17.7. The highest BCUT2D eigenvalue weighted by molar-refractivity contribution is 6.42. The van der Waals surface area contributed by atoms with Crippen molar-refractivity contribution in [2.75, 3.05) is 12.4 Å². The molecule has 2 rings (SSSR count). The van der Waals surface area contributed by atoms with Crippen LogP contribution in [0.15, 0.2) is 42.5 Å². The first-order chi connectivity index (χ1) is 11.4. The summed E-state index contributed by atoms with van der Waals surface area (Å²) < 4.78 is 0. The van der Waals surface area contributed by atoms with E-state index in [1.54, 1.807) is 30.3 Å². The molecule has 0 radical (unpaired) electrons. The van der Waals surface area contributed by atoms with Crippen LogP contribution in [0.25, 0.3) is 0 Å².